The molecule has 0 atom stereocenters. The van der Waals surface area contributed by atoms with E-state index in [1.165, 1.54) is 6.20 Å². The fraction of sp³-hybridized carbons (Fsp3) is 0.385. The molecule has 1 aliphatic rings. The molecule has 2 aromatic rings. The maximum Gasteiger partial charge on any atom is 0.534 e. The zero-order valence-corrected chi connectivity index (χ0v) is 14.1. The number of pyridine rings is 1. The van der Waals surface area contributed by atoms with E-state index in [0.717, 1.165) is 30.4 Å². The molecule has 0 N–H and O–H groups in total. The summed E-state index contributed by atoms with van der Waals surface area (Å²) in [4.78, 5) is 15.4. The molecule has 136 valence electrons. The molecule has 1 fully saturated rings. The molecule has 0 saturated heterocycles. The number of imidazole rings is 1. The highest BCUT2D eigenvalue weighted by Crippen LogP contribution is 2.43. The molecule has 7 nitrogen and oxygen atoms in total. The van der Waals surface area contributed by atoms with Gasteiger partial charge in [0, 0.05) is 6.20 Å². The number of rotatable bonds is 4. The van der Waals surface area contributed by atoms with Crippen molar-refractivity contribution in [1.29, 1.82) is 0 Å². The van der Waals surface area contributed by atoms with Crippen LogP contribution < -0.4 is 4.18 Å². The van der Waals surface area contributed by atoms with Crippen LogP contribution in [0.4, 0.5) is 13.2 Å². The van der Waals surface area contributed by atoms with Gasteiger partial charge in [-0.05, 0) is 30.4 Å². The first-order valence-electron chi connectivity index (χ1n) is 6.85. The summed E-state index contributed by atoms with van der Waals surface area (Å²) in [6.07, 6.45) is 3.04. The summed E-state index contributed by atoms with van der Waals surface area (Å²) in [6.45, 7) is 0. The van der Waals surface area contributed by atoms with Crippen molar-refractivity contribution in [3.05, 3.63) is 28.7 Å². The molecule has 1 saturated carbocycles. The van der Waals surface area contributed by atoms with Gasteiger partial charge in [-0.2, -0.15) is 21.6 Å². The molecule has 0 aliphatic heterocycles. The lowest BCUT2D eigenvalue weighted by atomic mass is 10.2. The van der Waals surface area contributed by atoms with Gasteiger partial charge in [0.15, 0.2) is 17.1 Å². The molecule has 0 bridgehead atoms. The van der Waals surface area contributed by atoms with Crippen LogP contribution in [-0.2, 0) is 14.9 Å². The minimum absolute atomic E-state index is 0.0420. The van der Waals surface area contributed by atoms with E-state index >= 15 is 0 Å². The van der Waals surface area contributed by atoms with Crippen LogP contribution in [0.3, 0.4) is 0 Å². The molecular formula is C13H10ClF3N2O5S. The third kappa shape index (κ3) is 3.13. The van der Waals surface area contributed by atoms with Crippen molar-refractivity contribution in [1.82, 2.24) is 9.38 Å². The van der Waals surface area contributed by atoms with Crippen molar-refractivity contribution < 1.29 is 35.3 Å². The van der Waals surface area contributed by atoms with Crippen LogP contribution in [-0.4, -0.2) is 36.4 Å². The fourth-order valence-corrected chi connectivity index (χ4v) is 2.90. The van der Waals surface area contributed by atoms with E-state index in [9.17, 15) is 26.4 Å². The Kier molecular flexibility index (Phi) is 4.11. The summed E-state index contributed by atoms with van der Waals surface area (Å²) in [7, 11) is -4.83. The number of alkyl halides is 3. The van der Waals surface area contributed by atoms with Gasteiger partial charge in [-0.25, -0.2) is 9.78 Å². The van der Waals surface area contributed by atoms with Gasteiger partial charge in [0.05, 0.1) is 7.11 Å². The molecule has 25 heavy (non-hydrogen) atoms. The van der Waals surface area contributed by atoms with Crippen LogP contribution in [0.5, 0.6) is 5.75 Å². The Labute approximate surface area is 144 Å². The number of carbonyl (C=O) groups excluding carboxylic acids is 1. The first-order valence-corrected chi connectivity index (χ1v) is 8.64. The van der Waals surface area contributed by atoms with Crippen LogP contribution in [0.1, 0.15) is 34.8 Å². The van der Waals surface area contributed by atoms with Gasteiger partial charge in [0.25, 0.3) is 0 Å². The standard InChI is InChI=1S/C13H10ClF3N2O5S/c1-23-12(20)9-10(14)19-5-7(6-2-3-6)4-8(11(19)18-9)24-25(21,22)13(15,16)17/h4-6H,2-3H2,1H3. The molecule has 1 aliphatic carbocycles. The third-order valence-electron chi connectivity index (χ3n) is 3.56. The highest BCUT2D eigenvalue weighted by molar-refractivity contribution is 7.88. The van der Waals surface area contributed by atoms with Gasteiger partial charge in [0.2, 0.25) is 0 Å². The highest BCUT2D eigenvalue weighted by atomic mass is 35.5. The summed E-state index contributed by atoms with van der Waals surface area (Å²) < 4.78 is 70.3. The van der Waals surface area contributed by atoms with Crippen molar-refractivity contribution in [3.8, 4) is 5.75 Å². The number of methoxy groups -OCH3 is 1. The first-order chi connectivity index (χ1) is 11.5. The number of fused-ring (bicyclic) bond motifs is 1. The predicted molar refractivity (Wildman–Crippen MR) is 79.1 cm³/mol. The number of nitrogens with zero attached hydrogens (tertiary/aromatic N) is 2. The van der Waals surface area contributed by atoms with Gasteiger partial charge in [-0.1, -0.05) is 11.6 Å². The molecule has 0 unspecified atom stereocenters. The quantitative estimate of drug-likeness (QED) is 0.447. The van der Waals surface area contributed by atoms with E-state index in [1.54, 1.807) is 0 Å². The van der Waals surface area contributed by atoms with E-state index in [-0.39, 0.29) is 22.4 Å². The van der Waals surface area contributed by atoms with Gasteiger partial charge in [0.1, 0.15) is 5.15 Å². The number of halogens is 4. The Balaban J connectivity index is 2.21. The highest BCUT2D eigenvalue weighted by Gasteiger charge is 2.49. The topological polar surface area (TPSA) is 87.0 Å². The minimum Gasteiger partial charge on any atom is -0.464 e. The minimum atomic E-state index is -5.91. The Morgan fingerprint density at radius 1 is 1.40 bits per heavy atom. The van der Waals surface area contributed by atoms with Gasteiger partial charge in [-0.15, -0.1) is 0 Å². The van der Waals surface area contributed by atoms with E-state index < -0.39 is 27.3 Å². The second-order valence-corrected chi connectivity index (χ2v) is 7.23. The molecule has 3 rings (SSSR count). The molecule has 2 aromatic heterocycles. The molecule has 2 heterocycles. The van der Waals surface area contributed by atoms with Crippen molar-refractivity contribution in [2.24, 2.45) is 0 Å². The zero-order chi connectivity index (χ0) is 18.6. The summed E-state index contributed by atoms with van der Waals surface area (Å²) >= 11 is 6.03. The van der Waals surface area contributed by atoms with Crippen molar-refractivity contribution in [2.75, 3.05) is 7.11 Å². The second-order valence-electron chi connectivity index (χ2n) is 5.33. The summed E-state index contributed by atoms with van der Waals surface area (Å²) in [5, 5.41) is -0.224. The first kappa shape index (κ1) is 17.8. The number of ether oxygens (including phenoxy) is 1. The van der Waals surface area contributed by atoms with Crippen LogP contribution >= 0.6 is 11.6 Å². The van der Waals surface area contributed by atoms with Gasteiger partial charge < -0.3 is 8.92 Å². The number of hydrogen-bond acceptors (Lipinski definition) is 6. The smallest absolute Gasteiger partial charge is 0.464 e. The molecule has 0 amide bonds. The molecule has 12 heteroatoms. The molecule has 0 radical (unpaired) electrons. The van der Waals surface area contributed by atoms with Crippen molar-refractivity contribution >= 4 is 33.3 Å². The van der Waals surface area contributed by atoms with E-state index in [2.05, 4.69) is 13.9 Å². The number of hydrogen-bond donors (Lipinski definition) is 0. The third-order valence-corrected chi connectivity index (χ3v) is 4.89. The molecular weight excluding hydrogens is 389 g/mol. The van der Waals surface area contributed by atoms with Crippen molar-refractivity contribution in [2.45, 2.75) is 24.3 Å². The number of carbonyl (C=O) groups is 1. The predicted octanol–water partition coefficient (Wildman–Crippen LogP) is 2.88. The lowest BCUT2D eigenvalue weighted by Crippen LogP contribution is -2.28. The SMILES string of the molecule is COC(=O)c1nc2c(OS(=O)(=O)C(F)(F)F)cc(C3CC3)cn2c1Cl. The monoisotopic (exact) mass is 398 g/mol. The Morgan fingerprint density at radius 3 is 2.56 bits per heavy atom. The van der Waals surface area contributed by atoms with E-state index in [1.807, 2.05) is 0 Å². The Hall–Kier alpha value is -2.01. The maximum atomic E-state index is 12.6. The Bertz CT molecular complexity index is 966. The lowest BCUT2D eigenvalue weighted by molar-refractivity contribution is -0.0499. The summed E-state index contributed by atoms with van der Waals surface area (Å²) in [6, 6.07) is 1.15. The van der Waals surface area contributed by atoms with Crippen LogP contribution in [0.15, 0.2) is 12.3 Å². The van der Waals surface area contributed by atoms with Crippen LogP contribution in [0.25, 0.3) is 5.65 Å². The van der Waals surface area contributed by atoms with Crippen LogP contribution in [0, 0.1) is 0 Å². The van der Waals surface area contributed by atoms with E-state index in [4.69, 9.17) is 11.6 Å². The lowest BCUT2D eigenvalue weighted by Gasteiger charge is -2.11. The largest absolute Gasteiger partial charge is 0.534 e. The maximum absolute atomic E-state index is 12.6. The average molecular weight is 399 g/mol. The van der Waals surface area contributed by atoms with Crippen LogP contribution in [0.2, 0.25) is 5.15 Å². The Morgan fingerprint density at radius 2 is 2.04 bits per heavy atom. The molecule has 0 aromatic carbocycles. The number of aromatic nitrogens is 2. The second kappa shape index (κ2) is 5.77. The fourth-order valence-electron chi connectivity index (χ4n) is 2.20. The summed E-state index contributed by atoms with van der Waals surface area (Å²) in [5.41, 5.74) is -5.80. The van der Waals surface area contributed by atoms with Gasteiger partial charge in [-0.3, -0.25) is 4.40 Å². The number of esters is 1. The van der Waals surface area contributed by atoms with Gasteiger partial charge >= 0.3 is 21.6 Å². The zero-order valence-electron chi connectivity index (χ0n) is 12.5. The molecule has 0 spiro atoms. The van der Waals surface area contributed by atoms with E-state index in [0.29, 0.717) is 5.56 Å². The normalized spacial score (nSPS) is 15.4. The summed E-state index contributed by atoms with van der Waals surface area (Å²) in [5.74, 6) is -1.55. The van der Waals surface area contributed by atoms with Crippen molar-refractivity contribution in [3.63, 3.8) is 0 Å². The average Bonchev–Trinajstić information content (AvgIpc) is 3.30.